The number of hydrogen-bond acceptors (Lipinski definition) is 0. The fraction of sp³-hybridized carbons (Fsp3) is 0.133. The third-order valence-electron chi connectivity index (χ3n) is 13.7. The molecule has 0 saturated carbocycles. The average molecular weight is 837 g/mol. The molecule has 4 unspecified atom stereocenters. The zero-order valence-electron chi connectivity index (χ0n) is 36.1. The molecule has 62 heavy (non-hydrogen) atoms. The lowest BCUT2D eigenvalue weighted by Gasteiger charge is -2.43. The minimum absolute atomic E-state index is 0.121. The van der Waals surface area contributed by atoms with Crippen molar-refractivity contribution < 1.29 is 0 Å². The molecule has 0 nitrogen and oxygen atoms in total. The molecule has 0 bridgehead atoms. The monoisotopic (exact) mass is 836 g/mol. The Morgan fingerprint density at radius 2 is 0.516 bits per heavy atom. The number of allylic oxidation sites excluding steroid dienone is 2. The Hall–Kier alpha value is -5.90. The van der Waals surface area contributed by atoms with E-state index in [9.17, 15) is 0 Å². The van der Waals surface area contributed by atoms with Crippen LogP contribution >= 0.6 is 14.5 Å². The first-order valence-electron chi connectivity index (χ1n) is 22.1. The molecule has 0 saturated heterocycles. The van der Waals surface area contributed by atoms with E-state index in [0.717, 1.165) is 0 Å². The first-order chi connectivity index (χ1) is 30.4. The summed E-state index contributed by atoms with van der Waals surface area (Å²) in [5, 5.41) is 8.78. The van der Waals surface area contributed by atoms with Gasteiger partial charge >= 0.3 is 0 Å². The molecule has 0 amide bonds. The van der Waals surface area contributed by atoms with Gasteiger partial charge < -0.3 is 0 Å². The van der Waals surface area contributed by atoms with Gasteiger partial charge in [-0.05, 0) is 99.5 Å². The summed E-state index contributed by atoms with van der Waals surface area (Å²) in [6.45, 7) is 8.86. The van der Waals surface area contributed by atoms with Crippen molar-refractivity contribution in [2.45, 2.75) is 50.8 Å². The molecule has 2 aliphatic heterocycles. The second kappa shape index (κ2) is 16.8. The summed E-state index contributed by atoms with van der Waals surface area (Å²) in [5.74, 6) is 0.243. The molecule has 10 rings (SSSR count). The highest BCUT2D eigenvalue weighted by atomic mass is 31.2. The van der Waals surface area contributed by atoms with Crippen LogP contribution in [0.5, 0.6) is 0 Å². The molecule has 8 aromatic rings. The van der Waals surface area contributed by atoms with E-state index >= 15 is 0 Å². The van der Waals surface area contributed by atoms with Crippen LogP contribution in [0.1, 0.15) is 56.3 Å². The molecule has 2 aliphatic rings. The molecule has 2 heterocycles. The Labute approximate surface area is 370 Å². The van der Waals surface area contributed by atoms with Crippen LogP contribution in [0.2, 0.25) is 0 Å². The Balaban J connectivity index is 1.41. The first-order valence-corrected chi connectivity index (χ1v) is 25.8. The smallest absolute Gasteiger partial charge is 0.0620 e. The van der Waals surface area contributed by atoms with Gasteiger partial charge in [-0.25, -0.2) is 0 Å². The van der Waals surface area contributed by atoms with Crippen LogP contribution in [0.15, 0.2) is 231 Å². The topological polar surface area (TPSA) is 0 Å². The van der Waals surface area contributed by atoms with E-state index in [-0.39, 0.29) is 23.2 Å². The van der Waals surface area contributed by atoms with Gasteiger partial charge in [0.2, 0.25) is 0 Å². The Kier molecular flexibility index (Phi) is 10.9. The maximum atomic E-state index is 2.76. The third kappa shape index (κ3) is 6.77. The molecule has 2 heteroatoms. The minimum atomic E-state index is -2.55. The summed E-state index contributed by atoms with van der Waals surface area (Å²) in [6.07, 6.45) is 5.52. The van der Waals surface area contributed by atoms with Crippen LogP contribution in [-0.4, -0.2) is 11.3 Å². The van der Waals surface area contributed by atoms with E-state index in [1.165, 1.54) is 76.4 Å². The maximum Gasteiger partial charge on any atom is 0.132 e. The number of hydrogen-bond donors (Lipinski definition) is 0. The average Bonchev–Trinajstić information content (AvgIpc) is 3.86. The lowest BCUT2D eigenvalue weighted by atomic mass is 9.85. The molecule has 8 aromatic carbocycles. The Bertz CT molecular complexity index is 2560. The van der Waals surface area contributed by atoms with Crippen LogP contribution < -0.4 is 21.2 Å². The van der Waals surface area contributed by atoms with Crippen molar-refractivity contribution in [1.29, 1.82) is 0 Å². The lowest BCUT2D eigenvalue weighted by molar-refractivity contribution is 0.665. The van der Waals surface area contributed by atoms with Crippen molar-refractivity contribution in [3.8, 4) is 0 Å². The molecule has 0 fully saturated rings. The molecule has 302 valence electrons. The third-order valence-corrected chi connectivity index (χ3v) is 23.8. The van der Waals surface area contributed by atoms with Crippen LogP contribution in [-0.2, 0) is 0 Å². The van der Waals surface area contributed by atoms with Gasteiger partial charge in [0, 0.05) is 23.0 Å². The standard InChI is InChI=1S/C60H54P2/c1-43-25-33-47(34-26-43)55-41-57(49-37-29-45(3)30-38-49)61(51-17-9-5-10-18-51,52-19-11-6-12-20-52)59(55)60-56(48-35-27-44(2)28-36-48)42-58(50-39-31-46(4)32-40-50)62(60,53-21-13-7-14-22-53)54-23-15-8-16-24-54/h5-42,55-56,59-60H,1-4H3/q+2. The largest absolute Gasteiger partial charge is 0.132 e. The Morgan fingerprint density at radius 3 is 0.774 bits per heavy atom. The Morgan fingerprint density at radius 1 is 0.274 bits per heavy atom. The van der Waals surface area contributed by atoms with Crippen LogP contribution in [0.4, 0.5) is 0 Å². The quantitative estimate of drug-likeness (QED) is 0.127. The summed E-state index contributed by atoms with van der Waals surface area (Å²) in [7, 11) is -5.10. The van der Waals surface area contributed by atoms with E-state index in [1.54, 1.807) is 0 Å². The van der Waals surface area contributed by atoms with Gasteiger partial charge in [-0.1, -0.05) is 192 Å². The van der Waals surface area contributed by atoms with E-state index in [0.29, 0.717) is 0 Å². The summed E-state index contributed by atoms with van der Waals surface area (Å²) in [4.78, 5) is 0. The van der Waals surface area contributed by atoms with Crippen molar-refractivity contribution in [2.24, 2.45) is 0 Å². The molecular weight excluding hydrogens is 783 g/mol. The predicted molar refractivity (Wildman–Crippen MR) is 272 cm³/mol. The molecule has 0 N–H and O–H groups in total. The zero-order chi connectivity index (χ0) is 42.3. The summed E-state index contributed by atoms with van der Waals surface area (Å²) in [6, 6.07) is 85.0. The number of aryl methyl sites for hydroxylation is 4. The number of rotatable bonds is 9. The van der Waals surface area contributed by atoms with Crippen molar-refractivity contribution in [2.75, 3.05) is 0 Å². The molecule has 0 aromatic heterocycles. The lowest BCUT2D eigenvalue weighted by Crippen LogP contribution is -2.45. The zero-order valence-corrected chi connectivity index (χ0v) is 37.9. The highest BCUT2D eigenvalue weighted by Gasteiger charge is 2.74. The fourth-order valence-corrected chi connectivity index (χ4v) is 23.0. The van der Waals surface area contributed by atoms with Crippen LogP contribution in [0.3, 0.4) is 0 Å². The van der Waals surface area contributed by atoms with Gasteiger partial charge in [-0.3, -0.25) is 0 Å². The normalized spacial score (nSPS) is 20.1. The second-order valence-electron chi connectivity index (χ2n) is 17.5. The van der Waals surface area contributed by atoms with Gasteiger partial charge in [0.1, 0.15) is 57.7 Å². The second-order valence-corrected chi connectivity index (χ2v) is 24.6. The van der Waals surface area contributed by atoms with E-state index < -0.39 is 14.5 Å². The molecule has 0 radical (unpaired) electrons. The highest BCUT2D eigenvalue weighted by Crippen LogP contribution is 2.87. The van der Waals surface area contributed by atoms with Crippen LogP contribution in [0.25, 0.3) is 10.6 Å². The molecule has 0 aliphatic carbocycles. The first kappa shape index (κ1) is 40.2. The van der Waals surface area contributed by atoms with Crippen molar-refractivity contribution >= 4 is 46.4 Å². The molecular formula is C60H54P2+2. The van der Waals surface area contributed by atoms with Crippen molar-refractivity contribution in [1.82, 2.24) is 0 Å². The summed E-state index contributed by atoms with van der Waals surface area (Å²) < 4.78 is 0. The van der Waals surface area contributed by atoms with Crippen LogP contribution in [0, 0.1) is 27.7 Å². The summed E-state index contributed by atoms with van der Waals surface area (Å²) >= 11 is 0. The minimum Gasteiger partial charge on any atom is -0.0620 e. The fourth-order valence-electron chi connectivity index (χ4n) is 10.9. The van der Waals surface area contributed by atoms with Gasteiger partial charge in [-0.2, -0.15) is 0 Å². The van der Waals surface area contributed by atoms with Gasteiger partial charge in [-0.15, -0.1) is 0 Å². The molecule has 4 atom stereocenters. The van der Waals surface area contributed by atoms with Crippen molar-refractivity contribution in [3.05, 3.63) is 275 Å². The maximum absolute atomic E-state index is 2.76. The number of benzene rings is 8. The van der Waals surface area contributed by atoms with E-state index in [1.807, 2.05) is 0 Å². The van der Waals surface area contributed by atoms with Crippen molar-refractivity contribution in [3.63, 3.8) is 0 Å². The van der Waals surface area contributed by atoms with E-state index in [2.05, 4.69) is 258 Å². The predicted octanol–water partition coefficient (Wildman–Crippen LogP) is 14.0. The van der Waals surface area contributed by atoms with Gasteiger partial charge in [0.15, 0.2) is 0 Å². The highest BCUT2D eigenvalue weighted by molar-refractivity contribution is 8.02. The van der Waals surface area contributed by atoms with Gasteiger partial charge in [0.05, 0.1) is 0 Å². The van der Waals surface area contributed by atoms with Gasteiger partial charge in [0.25, 0.3) is 0 Å². The summed E-state index contributed by atoms with van der Waals surface area (Å²) in [5.41, 5.74) is 10.9. The van der Waals surface area contributed by atoms with E-state index in [4.69, 9.17) is 0 Å². The SMILES string of the molecule is Cc1ccc(C2=CC(c3ccc(C)cc3)C(C3C(c4ccc(C)cc4)C=C(c4ccc(C)cc4)[P+]3(c3ccccc3)c3ccccc3)[P+]2(c2ccccc2)c2ccccc2)cc1. The molecule has 0 spiro atoms.